The fourth-order valence-corrected chi connectivity index (χ4v) is 5.05. The third-order valence-electron chi connectivity index (χ3n) is 5.42. The highest BCUT2D eigenvalue weighted by Crippen LogP contribution is 2.26. The van der Waals surface area contributed by atoms with Gasteiger partial charge >= 0.3 is 0 Å². The molecule has 2 aromatic heterocycles. The molecule has 0 N–H and O–H groups in total. The van der Waals surface area contributed by atoms with E-state index in [1.165, 1.54) is 16.9 Å². The lowest BCUT2D eigenvalue weighted by Gasteiger charge is -2.10. The molecule has 0 aliphatic carbocycles. The van der Waals surface area contributed by atoms with E-state index in [1.54, 1.807) is 4.40 Å². The molecule has 2 heterocycles. The predicted octanol–water partition coefficient (Wildman–Crippen LogP) is 6.07. The second-order valence-electron chi connectivity index (χ2n) is 7.67. The number of thiazole rings is 1. The molecule has 0 spiro atoms. The van der Waals surface area contributed by atoms with Crippen LogP contribution in [0, 0.1) is 13.8 Å². The van der Waals surface area contributed by atoms with Crippen LogP contribution in [0.3, 0.4) is 0 Å². The predicted molar refractivity (Wildman–Crippen MR) is 135 cm³/mol. The number of benzene rings is 3. The van der Waals surface area contributed by atoms with Gasteiger partial charge in [0.1, 0.15) is 12.4 Å². The standard InChI is InChI=1S/C25H18BrClN2O2S/c1-14-9-20-21(10-15(14)2)29-24(30)23(32-25(29)28-20)12-17-11-18(26)5-8-22(17)31-13-16-3-6-19(27)7-4-16/h3-12H,13H2,1-2H3/b23-12-. The fraction of sp³-hybridized carbons (Fsp3) is 0.120. The van der Waals surface area contributed by atoms with Crippen LogP contribution < -0.4 is 14.8 Å². The van der Waals surface area contributed by atoms with Crippen molar-refractivity contribution < 1.29 is 4.74 Å². The zero-order valence-corrected chi connectivity index (χ0v) is 20.5. The van der Waals surface area contributed by atoms with Crippen LogP contribution in [0.2, 0.25) is 5.02 Å². The van der Waals surface area contributed by atoms with Crippen LogP contribution in [0.1, 0.15) is 22.3 Å². The number of aromatic nitrogens is 2. The molecule has 0 unspecified atom stereocenters. The molecule has 3 aromatic carbocycles. The first-order chi connectivity index (χ1) is 15.4. The topological polar surface area (TPSA) is 43.6 Å². The third-order valence-corrected chi connectivity index (χ3v) is 7.13. The lowest BCUT2D eigenvalue weighted by molar-refractivity contribution is 0.305. The van der Waals surface area contributed by atoms with Crippen LogP contribution in [0.25, 0.3) is 22.1 Å². The van der Waals surface area contributed by atoms with E-state index >= 15 is 0 Å². The maximum Gasteiger partial charge on any atom is 0.274 e. The molecule has 0 atom stereocenters. The maximum atomic E-state index is 13.2. The van der Waals surface area contributed by atoms with Crippen molar-refractivity contribution in [3.63, 3.8) is 0 Å². The molecule has 7 heteroatoms. The molecule has 32 heavy (non-hydrogen) atoms. The number of fused-ring (bicyclic) bond motifs is 3. The fourth-order valence-electron chi connectivity index (χ4n) is 3.57. The number of nitrogens with zero attached hydrogens (tertiary/aromatic N) is 2. The van der Waals surface area contributed by atoms with Gasteiger partial charge in [0.2, 0.25) is 0 Å². The first kappa shape index (κ1) is 21.2. The Morgan fingerprint density at radius 1 is 1.09 bits per heavy atom. The minimum Gasteiger partial charge on any atom is -0.488 e. The van der Waals surface area contributed by atoms with Gasteiger partial charge in [0.25, 0.3) is 5.56 Å². The number of imidazole rings is 1. The summed E-state index contributed by atoms with van der Waals surface area (Å²) in [6.07, 6.45) is 1.87. The van der Waals surface area contributed by atoms with Gasteiger partial charge in [-0.25, -0.2) is 9.38 Å². The van der Waals surface area contributed by atoms with Crippen LogP contribution in [-0.4, -0.2) is 9.38 Å². The monoisotopic (exact) mass is 524 g/mol. The van der Waals surface area contributed by atoms with Crippen LogP contribution in [0.5, 0.6) is 5.75 Å². The van der Waals surface area contributed by atoms with Crippen molar-refractivity contribution >= 4 is 60.9 Å². The lowest BCUT2D eigenvalue weighted by Crippen LogP contribution is -2.22. The van der Waals surface area contributed by atoms with Crippen molar-refractivity contribution in [2.75, 3.05) is 0 Å². The molecule has 160 valence electrons. The molecule has 0 saturated carbocycles. The van der Waals surface area contributed by atoms with Gasteiger partial charge in [-0.2, -0.15) is 0 Å². The Morgan fingerprint density at radius 2 is 1.84 bits per heavy atom. The molecule has 5 rings (SSSR count). The van der Waals surface area contributed by atoms with Crippen molar-refractivity contribution in [3.05, 3.63) is 101 Å². The van der Waals surface area contributed by atoms with E-state index in [4.69, 9.17) is 16.3 Å². The van der Waals surface area contributed by atoms with Gasteiger partial charge in [-0.1, -0.05) is 51.0 Å². The maximum absolute atomic E-state index is 13.2. The summed E-state index contributed by atoms with van der Waals surface area (Å²) in [6.45, 7) is 4.50. The summed E-state index contributed by atoms with van der Waals surface area (Å²) in [4.78, 5) is 18.6. The Bertz CT molecular complexity index is 1590. The minimum atomic E-state index is -0.0700. The SMILES string of the molecule is Cc1cc2nc3s/c(=C\c4cc(Br)ccc4OCc4ccc(Cl)cc4)c(=O)n3c2cc1C. The molecular weight excluding hydrogens is 508 g/mol. The number of rotatable bonds is 4. The highest BCUT2D eigenvalue weighted by atomic mass is 79.9. The number of aryl methyl sites for hydroxylation is 2. The van der Waals surface area contributed by atoms with Crippen LogP contribution in [0.15, 0.2) is 63.9 Å². The lowest BCUT2D eigenvalue weighted by atomic mass is 10.1. The summed E-state index contributed by atoms with van der Waals surface area (Å²) in [5.74, 6) is 0.699. The zero-order chi connectivity index (χ0) is 22.4. The molecule has 0 radical (unpaired) electrons. The Kier molecular flexibility index (Phi) is 5.53. The van der Waals surface area contributed by atoms with Crippen molar-refractivity contribution in [1.29, 1.82) is 0 Å². The quantitative estimate of drug-likeness (QED) is 0.286. The van der Waals surface area contributed by atoms with Gasteiger partial charge < -0.3 is 4.74 Å². The summed E-state index contributed by atoms with van der Waals surface area (Å²) in [7, 11) is 0. The van der Waals surface area contributed by atoms with Gasteiger partial charge in [0, 0.05) is 15.1 Å². The summed E-state index contributed by atoms with van der Waals surface area (Å²) in [5.41, 5.74) is 5.76. The Balaban J connectivity index is 1.57. The Labute approximate surface area is 201 Å². The summed E-state index contributed by atoms with van der Waals surface area (Å²) in [6, 6.07) is 17.4. The largest absolute Gasteiger partial charge is 0.488 e. The molecule has 5 aromatic rings. The first-order valence-corrected chi connectivity index (χ1v) is 12.0. The van der Waals surface area contributed by atoms with Crippen LogP contribution in [0.4, 0.5) is 0 Å². The normalized spacial score (nSPS) is 12.2. The molecule has 0 bridgehead atoms. The van der Waals surface area contributed by atoms with E-state index in [2.05, 4.69) is 27.8 Å². The summed E-state index contributed by atoms with van der Waals surface area (Å²) in [5, 5.41) is 0.690. The smallest absolute Gasteiger partial charge is 0.274 e. The summed E-state index contributed by atoms with van der Waals surface area (Å²) < 4.78 is 9.29. The van der Waals surface area contributed by atoms with E-state index in [0.717, 1.165) is 32.2 Å². The second-order valence-corrected chi connectivity index (χ2v) is 10.0. The number of ether oxygens (including phenoxy) is 1. The van der Waals surface area contributed by atoms with Crippen molar-refractivity contribution in [2.45, 2.75) is 20.5 Å². The highest BCUT2D eigenvalue weighted by molar-refractivity contribution is 9.10. The number of hydrogen-bond donors (Lipinski definition) is 0. The van der Waals surface area contributed by atoms with Gasteiger partial charge in [-0.15, -0.1) is 0 Å². The molecule has 0 aliphatic rings. The van der Waals surface area contributed by atoms with E-state index in [9.17, 15) is 4.79 Å². The molecule has 4 nitrogen and oxygen atoms in total. The second kappa shape index (κ2) is 8.35. The van der Waals surface area contributed by atoms with E-state index in [0.29, 0.717) is 26.9 Å². The summed E-state index contributed by atoms with van der Waals surface area (Å²) >= 11 is 10.9. The highest BCUT2D eigenvalue weighted by Gasteiger charge is 2.13. The van der Waals surface area contributed by atoms with Crippen molar-refractivity contribution in [2.24, 2.45) is 0 Å². The van der Waals surface area contributed by atoms with Gasteiger partial charge in [0.05, 0.1) is 15.6 Å². The molecule has 0 aliphatic heterocycles. The minimum absolute atomic E-state index is 0.0700. The third kappa shape index (κ3) is 3.94. The Morgan fingerprint density at radius 3 is 2.62 bits per heavy atom. The van der Waals surface area contributed by atoms with Crippen LogP contribution in [-0.2, 0) is 6.61 Å². The number of hydrogen-bond acceptors (Lipinski definition) is 4. The van der Waals surface area contributed by atoms with Crippen molar-refractivity contribution in [3.8, 4) is 5.75 Å². The zero-order valence-electron chi connectivity index (χ0n) is 17.4. The average Bonchev–Trinajstić information content (AvgIpc) is 3.25. The van der Waals surface area contributed by atoms with E-state index < -0.39 is 0 Å². The first-order valence-electron chi connectivity index (χ1n) is 10.00. The van der Waals surface area contributed by atoms with Crippen molar-refractivity contribution in [1.82, 2.24) is 9.38 Å². The van der Waals surface area contributed by atoms with Gasteiger partial charge in [0.15, 0.2) is 4.96 Å². The molecule has 0 amide bonds. The molecule has 0 fully saturated rings. The molecular formula is C25H18BrClN2O2S. The van der Waals surface area contributed by atoms with Crippen LogP contribution >= 0.6 is 38.9 Å². The molecule has 0 saturated heterocycles. The van der Waals surface area contributed by atoms with E-state index in [-0.39, 0.29) is 5.56 Å². The van der Waals surface area contributed by atoms with E-state index in [1.807, 2.05) is 67.6 Å². The number of halogens is 2. The Hall–Kier alpha value is -2.67. The average molecular weight is 526 g/mol. The van der Waals surface area contributed by atoms with Gasteiger partial charge in [-0.05, 0) is 79.1 Å². The van der Waals surface area contributed by atoms with Gasteiger partial charge in [-0.3, -0.25) is 4.79 Å².